The quantitative estimate of drug-likeness (QED) is 0.182. The van der Waals surface area contributed by atoms with Gasteiger partial charge in [-0.05, 0) is 67.6 Å². The van der Waals surface area contributed by atoms with Crippen LogP contribution < -0.4 is 14.3 Å². The fourth-order valence-corrected chi connectivity index (χ4v) is 4.23. The Morgan fingerprint density at radius 2 is 1.32 bits per heavy atom. The predicted octanol–water partition coefficient (Wildman–Crippen LogP) is 5.06. The Morgan fingerprint density at radius 3 is 1.89 bits per heavy atom. The van der Waals surface area contributed by atoms with Crippen molar-refractivity contribution in [2.45, 2.75) is 11.8 Å². The summed E-state index contributed by atoms with van der Waals surface area (Å²) in [6.45, 7) is 2.56. The molecule has 0 amide bonds. The summed E-state index contributed by atoms with van der Waals surface area (Å²) in [6.07, 6.45) is 0. The highest BCUT2D eigenvalue weighted by Gasteiger charge is 2.15. The minimum absolute atomic E-state index is 0.140. The standard InChI is InChI=1S/C29H25N3O4S/c1-22-7-17-28(18-8-22)37(33,34)32-31-29(24-5-3-2-4-6-24)25-11-15-27(16-12-25)36-20-19-35-26-13-9-23(21-30)10-14-26/h2-18,32H,19-20H2,1H3. The fraction of sp³-hybridized carbons (Fsp3) is 0.103. The van der Waals surface area contributed by atoms with Crippen LogP contribution in [-0.2, 0) is 10.0 Å². The average Bonchev–Trinajstić information content (AvgIpc) is 2.93. The topological polar surface area (TPSA) is 101 Å². The van der Waals surface area contributed by atoms with Gasteiger partial charge < -0.3 is 9.47 Å². The van der Waals surface area contributed by atoms with Gasteiger partial charge in [0.1, 0.15) is 24.7 Å². The van der Waals surface area contributed by atoms with Gasteiger partial charge in [-0.1, -0.05) is 48.0 Å². The maximum absolute atomic E-state index is 12.8. The number of sulfonamides is 1. The summed E-state index contributed by atoms with van der Waals surface area (Å²) in [7, 11) is -3.83. The lowest BCUT2D eigenvalue weighted by Crippen LogP contribution is -2.21. The number of nitriles is 1. The largest absolute Gasteiger partial charge is 0.490 e. The number of rotatable bonds is 10. The SMILES string of the molecule is Cc1ccc(S(=O)(=O)NN=C(c2ccccc2)c2ccc(OCCOc3ccc(C#N)cc3)cc2)cc1. The molecule has 37 heavy (non-hydrogen) atoms. The minimum atomic E-state index is -3.83. The number of hydrazone groups is 1. The Bertz CT molecular complexity index is 1490. The van der Waals surface area contributed by atoms with Gasteiger partial charge in [0.15, 0.2) is 0 Å². The maximum Gasteiger partial charge on any atom is 0.276 e. The van der Waals surface area contributed by atoms with E-state index in [4.69, 9.17) is 14.7 Å². The Labute approximate surface area is 216 Å². The normalized spacial score (nSPS) is 11.4. The molecule has 0 aliphatic carbocycles. The number of nitrogens with one attached hydrogen (secondary N) is 1. The van der Waals surface area contributed by atoms with E-state index in [0.29, 0.717) is 36.0 Å². The molecule has 0 atom stereocenters. The summed E-state index contributed by atoms with van der Waals surface area (Å²) >= 11 is 0. The predicted molar refractivity (Wildman–Crippen MR) is 142 cm³/mol. The van der Waals surface area contributed by atoms with Gasteiger partial charge in [0.2, 0.25) is 0 Å². The maximum atomic E-state index is 12.8. The molecule has 8 heteroatoms. The molecule has 0 aliphatic heterocycles. The van der Waals surface area contributed by atoms with Crippen molar-refractivity contribution >= 4 is 15.7 Å². The Balaban J connectivity index is 1.44. The van der Waals surface area contributed by atoms with Crippen molar-refractivity contribution in [3.05, 3.63) is 125 Å². The van der Waals surface area contributed by atoms with Gasteiger partial charge in [0.25, 0.3) is 10.0 Å². The molecule has 4 aromatic carbocycles. The zero-order valence-corrected chi connectivity index (χ0v) is 21.0. The van der Waals surface area contributed by atoms with Gasteiger partial charge in [0.05, 0.1) is 22.2 Å². The first-order valence-electron chi connectivity index (χ1n) is 11.5. The second-order valence-electron chi connectivity index (χ2n) is 8.09. The van der Waals surface area contributed by atoms with E-state index in [-0.39, 0.29) is 4.90 Å². The number of ether oxygens (including phenoxy) is 2. The highest BCUT2D eigenvalue weighted by Crippen LogP contribution is 2.18. The lowest BCUT2D eigenvalue weighted by molar-refractivity contribution is 0.217. The molecule has 0 heterocycles. The molecule has 1 N–H and O–H groups in total. The summed E-state index contributed by atoms with van der Waals surface area (Å²) in [5.74, 6) is 1.30. The van der Waals surface area contributed by atoms with Gasteiger partial charge in [-0.2, -0.15) is 23.6 Å². The van der Waals surface area contributed by atoms with Crippen LogP contribution in [0.2, 0.25) is 0 Å². The van der Waals surface area contributed by atoms with Crippen LogP contribution in [0.4, 0.5) is 0 Å². The van der Waals surface area contributed by atoms with Crippen LogP contribution in [0.3, 0.4) is 0 Å². The van der Waals surface area contributed by atoms with E-state index in [1.54, 1.807) is 60.7 Å². The van der Waals surface area contributed by atoms with E-state index >= 15 is 0 Å². The Kier molecular flexibility index (Phi) is 8.18. The number of benzene rings is 4. The number of aryl methyl sites for hydroxylation is 1. The van der Waals surface area contributed by atoms with Crippen LogP contribution in [-0.4, -0.2) is 27.3 Å². The summed E-state index contributed by atoms with van der Waals surface area (Å²) < 4.78 is 37.0. The summed E-state index contributed by atoms with van der Waals surface area (Å²) in [5, 5.41) is 13.1. The van der Waals surface area contributed by atoms with Crippen LogP contribution in [0.1, 0.15) is 22.3 Å². The molecule has 0 aromatic heterocycles. The monoisotopic (exact) mass is 511 g/mol. The molecule has 0 saturated heterocycles. The Hall–Kier alpha value is -4.61. The lowest BCUT2D eigenvalue weighted by atomic mass is 10.0. The molecule has 0 unspecified atom stereocenters. The smallest absolute Gasteiger partial charge is 0.276 e. The number of nitrogens with zero attached hydrogens (tertiary/aromatic N) is 2. The first-order chi connectivity index (χ1) is 17.9. The molecular formula is C29H25N3O4S. The summed E-state index contributed by atoms with van der Waals surface area (Å²) in [5.41, 5.74) is 3.50. The van der Waals surface area contributed by atoms with Crippen LogP contribution in [0.5, 0.6) is 11.5 Å². The van der Waals surface area contributed by atoms with Crippen LogP contribution in [0.25, 0.3) is 0 Å². The average molecular weight is 512 g/mol. The molecule has 7 nitrogen and oxygen atoms in total. The first kappa shape index (κ1) is 25.5. The molecule has 4 rings (SSSR count). The first-order valence-corrected chi connectivity index (χ1v) is 13.0. The molecule has 0 bridgehead atoms. The number of hydrogen-bond acceptors (Lipinski definition) is 6. The molecule has 0 aliphatic rings. The zero-order chi connectivity index (χ0) is 26.1. The van der Waals surface area contributed by atoms with Gasteiger partial charge >= 0.3 is 0 Å². The molecule has 0 spiro atoms. The number of hydrogen-bond donors (Lipinski definition) is 1. The van der Waals surface area contributed by atoms with Gasteiger partial charge in [-0.15, -0.1) is 0 Å². The van der Waals surface area contributed by atoms with Crippen LogP contribution in [0.15, 0.2) is 113 Å². The fourth-order valence-electron chi connectivity index (χ4n) is 3.42. The van der Waals surface area contributed by atoms with E-state index < -0.39 is 10.0 Å². The second kappa shape index (κ2) is 11.9. The summed E-state index contributed by atoms with van der Waals surface area (Å²) in [6, 6.07) is 32.1. The lowest BCUT2D eigenvalue weighted by Gasteiger charge is -2.11. The van der Waals surface area contributed by atoms with E-state index in [0.717, 1.165) is 16.7 Å². The highest BCUT2D eigenvalue weighted by atomic mass is 32.2. The third-order valence-electron chi connectivity index (χ3n) is 5.39. The molecule has 4 aromatic rings. The minimum Gasteiger partial charge on any atom is -0.490 e. The van der Waals surface area contributed by atoms with Crippen molar-refractivity contribution in [3.63, 3.8) is 0 Å². The van der Waals surface area contributed by atoms with E-state index in [1.807, 2.05) is 49.4 Å². The van der Waals surface area contributed by atoms with Crippen molar-refractivity contribution in [2.24, 2.45) is 5.10 Å². The highest BCUT2D eigenvalue weighted by molar-refractivity contribution is 7.89. The van der Waals surface area contributed by atoms with E-state index in [1.165, 1.54) is 0 Å². The van der Waals surface area contributed by atoms with Crippen molar-refractivity contribution in [3.8, 4) is 17.6 Å². The molecule has 186 valence electrons. The second-order valence-corrected chi connectivity index (χ2v) is 9.75. The van der Waals surface area contributed by atoms with Gasteiger partial charge in [-0.3, -0.25) is 0 Å². The molecular weight excluding hydrogens is 486 g/mol. The van der Waals surface area contributed by atoms with Crippen molar-refractivity contribution < 1.29 is 17.9 Å². The molecule has 0 fully saturated rings. The third kappa shape index (κ3) is 6.97. The van der Waals surface area contributed by atoms with Crippen molar-refractivity contribution in [1.29, 1.82) is 5.26 Å². The van der Waals surface area contributed by atoms with Gasteiger partial charge in [-0.25, -0.2) is 0 Å². The van der Waals surface area contributed by atoms with Crippen molar-refractivity contribution in [1.82, 2.24) is 4.83 Å². The molecule has 0 radical (unpaired) electrons. The van der Waals surface area contributed by atoms with Gasteiger partial charge in [0, 0.05) is 11.1 Å². The van der Waals surface area contributed by atoms with Crippen molar-refractivity contribution in [2.75, 3.05) is 13.2 Å². The van der Waals surface area contributed by atoms with E-state index in [9.17, 15) is 8.42 Å². The third-order valence-corrected chi connectivity index (χ3v) is 6.61. The van der Waals surface area contributed by atoms with Crippen LogP contribution >= 0.6 is 0 Å². The molecule has 0 saturated carbocycles. The van der Waals surface area contributed by atoms with Crippen LogP contribution in [0, 0.1) is 18.3 Å². The zero-order valence-electron chi connectivity index (χ0n) is 20.2. The Morgan fingerprint density at radius 1 is 0.784 bits per heavy atom. The van der Waals surface area contributed by atoms with E-state index in [2.05, 4.69) is 16.0 Å². The summed E-state index contributed by atoms with van der Waals surface area (Å²) in [4.78, 5) is 2.51.